The van der Waals surface area contributed by atoms with Gasteiger partial charge in [-0.15, -0.1) is 24.8 Å². The van der Waals surface area contributed by atoms with Crippen molar-refractivity contribution >= 4 is 24.8 Å². The number of benzene rings is 1. The van der Waals surface area contributed by atoms with Crippen LogP contribution in [0.4, 0.5) is 0 Å². The first-order valence-electron chi connectivity index (χ1n) is 3.50. The molecule has 1 aromatic carbocycles. The average molecular weight is 221 g/mol. The highest BCUT2D eigenvalue weighted by Crippen LogP contribution is 2.26. The lowest BCUT2D eigenvalue weighted by molar-refractivity contribution is 0.452. The molecule has 72 valence electrons. The number of phenolic OH excluding ortho intramolecular Hbond substituents is 1. The number of hydrogen-bond donors (Lipinski definition) is 1. The monoisotopic (exact) mass is 220 g/mol. The van der Waals surface area contributed by atoms with E-state index < -0.39 is 0 Å². The molecule has 0 saturated heterocycles. The van der Waals surface area contributed by atoms with E-state index in [1.165, 1.54) is 0 Å². The van der Waals surface area contributed by atoms with Crippen molar-refractivity contribution in [3.63, 3.8) is 0 Å². The van der Waals surface area contributed by atoms with Crippen LogP contribution in [0.2, 0.25) is 0 Å². The minimum Gasteiger partial charge on any atom is -0.508 e. The smallest absolute Gasteiger partial charge is 0.130 e. The van der Waals surface area contributed by atoms with Gasteiger partial charge in [-0.25, -0.2) is 0 Å². The molecular formula is C9H10Cl2O2. The fraction of sp³-hybridized carbons (Fsp3) is 0.111. The Morgan fingerprint density at radius 1 is 1.23 bits per heavy atom. The molecule has 0 aromatic heterocycles. The van der Waals surface area contributed by atoms with E-state index in [-0.39, 0.29) is 24.8 Å². The lowest BCUT2D eigenvalue weighted by Crippen LogP contribution is -1.94. The Balaban J connectivity index is 0.000000720. The number of aromatic hydroxyl groups is 1. The van der Waals surface area contributed by atoms with Gasteiger partial charge < -0.3 is 9.84 Å². The summed E-state index contributed by atoms with van der Waals surface area (Å²) in [6, 6.07) is 5.12. The van der Waals surface area contributed by atoms with Crippen LogP contribution in [0.5, 0.6) is 11.5 Å². The number of rotatable bonds is 0. The van der Waals surface area contributed by atoms with E-state index in [1.54, 1.807) is 24.5 Å². The summed E-state index contributed by atoms with van der Waals surface area (Å²) in [5, 5.41) is 9.11. The summed E-state index contributed by atoms with van der Waals surface area (Å²) >= 11 is 0. The molecule has 1 heterocycles. The summed E-state index contributed by atoms with van der Waals surface area (Å²) < 4.78 is 5.19. The molecule has 13 heavy (non-hydrogen) atoms. The van der Waals surface area contributed by atoms with Crippen LogP contribution < -0.4 is 4.74 Å². The first-order valence-corrected chi connectivity index (χ1v) is 3.50. The Hall–Kier alpha value is -0.860. The number of ether oxygens (including phenoxy) is 1. The van der Waals surface area contributed by atoms with Crippen LogP contribution in [-0.2, 0) is 6.42 Å². The van der Waals surface area contributed by atoms with Gasteiger partial charge in [-0.1, -0.05) is 0 Å². The van der Waals surface area contributed by atoms with Gasteiger partial charge in [0.25, 0.3) is 0 Å². The maximum atomic E-state index is 9.11. The van der Waals surface area contributed by atoms with Crippen LogP contribution in [0, 0.1) is 0 Å². The topological polar surface area (TPSA) is 29.5 Å². The highest BCUT2D eigenvalue weighted by molar-refractivity contribution is 5.85. The van der Waals surface area contributed by atoms with Gasteiger partial charge in [0.05, 0.1) is 6.26 Å². The van der Waals surface area contributed by atoms with Gasteiger partial charge in [0, 0.05) is 5.56 Å². The zero-order valence-corrected chi connectivity index (χ0v) is 8.40. The minimum atomic E-state index is 0. The van der Waals surface area contributed by atoms with Crippen molar-refractivity contribution in [3.05, 3.63) is 36.1 Å². The van der Waals surface area contributed by atoms with E-state index in [9.17, 15) is 0 Å². The predicted octanol–water partition coefficient (Wildman–Crippen LogP) is 2.68. The maximum Gasteiger partial charge on any atom is 0.130 e. The molecule has 2 rings (SSSR count). The van der Waals surface area contributed by atoms with Crippen LogP contribution >= 0.6 is 24.8 Å². The molecule has 0 aliphatic carbocycles. The Bertz CT molecular complexity index is 310. The summed E-state index contributed by atoms with van der Waals surface area (Å²) in [6.07, 6.45) is 4.42. The molecule has 0 unspecified atom stereocenters. The molecule has 1 aliphatic heterocycles. The normalized spacial score (nSPS) is 11.7. The first kappa shape index (κ1) is 12.1. The molecular weight excluding hydrogens is 211 g/mol. The quantitative estimate of drug-likeness (QED) is 0.729. The van der Waals surface area contributed by atoms with Crippen molar-refractivity contribution in [2.45, 2.75) is 6.42 Å². The summed E-state index contributed by atoms with van der Waals surface area (Å²) in [5.41, 5.74) is 1.03. The molecule has 1 aromatic rings. The van der Waals surface area contributed by atoms with Gasteiger partial charge >= 0.3 is 0 Å². The lowest BCUT2D eigenvalue weighted by Gasteiger charge is -2.10. The molecule has 0 saturated carbocycles. The van der Waals surface area contributed by atoms with Gasteiger partial charge in [0.15, 0.2) is 0 Å². The standard InChI is InChI=1S/C9H8O2.2ClH/c10-8-3-4-9-7(6-8)2-1-5-11-9;;/h1,3-6,10H,2H2;2*1H. The third-order valence-corrected chi connectivity index (χ3v) is 1.67. The van der Waals surface area contributed by atoms with Gasteiger partial charge in [0.2, 0.25) is 0 Å². The van der Waals surface area contributed by atoms with Crippen LogP contribution in [-0.4, -0.2) is 5.11 Å². The number of fused-ring (bicyclic) bond motifs is 1. The predicted molar refractivity (Wildman–Crippen MR) is 56.1 cm³/mol. The number of allylic oxidation sites excluding steroid dienone is 1. The second-order valence-electron chi connectivity index (χ2n) is 2.49. The number of hydrogen-bond acceptors (Lipinski definition) is 2. The van der Waals surface area contributed by atoms with E-state index in [0.717, 1.165) is 17.7 Å². The maximum absolute atomic E-state index is 9.11. The fourth-order valence-electron chi connectivity index (χ4n) is 1.14. The molecule has 0 fully saturated rings. The van der Waals surface area contributed by atoms with Crippen molar-refractivity contribution in [3.8, 4) is 11.5 Å². The molecule has 1 N–H and O–H groups in total. The highest BCUT2D eigenvalue weighted by Gasteiger charge is 2.05. The SMILES string of the molecule is Cl.Cl.Oc1ccc2c(c1)CC=CO2. The number of halogens is 2. The van der Waals surface area contributed by atoms with E-state index >= 15 is 0 Å². The van der Waals surface area contributed by atoms with E-state index in [0.29, 0.717) is 5.75 Å². The summed E-state index contributed by atoms with van der Waals surface area (Å²) in [5.74, 6) is 1.13. The summed E-state index contributed by atoms with van der Waals surface area (Å²) in [4.78, 5) is 0. The van der Waals surface area contributed by atoms with Gasteiger partial charge in [-0.2, -0.15) is 0 Å². The van der Waals surface area contributed by atoms with Gasteiger partial charge in [-0.3, -0.25) is 0 Å². The molecule has 0 bridgehead atoms. The van der Waals surface area contributed by atoms with Gasteiger partial charge in [-0.05, 0) is 30.7 Å². The third kappa shape index (κ3) is 2.54. The molecule has 1 aliphatic rings. The Kier molecular flexibility index (Phi) is 4.67. The number of phenols is 1. The molecule has 2 nitrogen and oxygen atoms in total. The average Bonchev–Trinajstić information content (AvgIpc) is 2.04. The zero-order valence-electron chi connectivity index (χ0n) is 6.77. The zero-order chi connectivity index (χ0) is 7.68. The Morgan fingerprint density at radius 2 is 2.00 bits per heavy atom. The Morgan fingerprint density at radius 3 is 2.77 bits per heavy atom. The fourth-order valence-corrected chi connectivity index (χ4v) is 1.14. The lowest BCUT2D eigenvalue weighted by atomic mass is 10.1. The largest absolute Gasteiger partial charge is 0.508 e. The van der Waals surface area contributed by atoms with Crippen molar-refractivity contribution in [1.29, 1.82) is 0 Å². The third-order valence-electron chi connectivity index (χ3n) is 1.67. The van der Waals surface area contributed by atoms with Crippen molar-refractivity contribution in [1.82, 2.24) is 0 Å². The van der Waals surface area contributed by atoms with Crippen LogP contribution in [0.15, 0.2) is 30.5 Å². The molecule has 0 amide bonds. The summed E-state index contributed by atoms with van der Waals surface area (Å²) in [6.45, 7) is 0. The Labute approximate surface area is 89.0 Å². The van der Waals surface area contributed by atoms with Gasteiger partial charge in [0.1, 0.15) is 11.5 Å². The van der Waals surface area contributed by atoms with Crippen molar-refractivity contribution < 1.29 is 9.84 Å². The summed E-state index contributed by atoms with van der Waals surface area (Å²) in [7, 11) is 0. The molecule has 0 atom stereocenters. The van der Waals surface area contributed by atoms with Crippen LogP contribution in [0.1, 0.15) is 5.56 Å². The minimum absolute atomic E-state index is 0. The molecule has 4 heteroatoms. The van der Waals surface area contributed by atoms with Crippen molar-refractivity contribution in [2.24, 2.45) is 0 Å². The van der Waals surface area contributed by atoms with E-state index in [2.05, 4.69) is 0 Å². The van der Waals surface area contributed by atoms with E-state index in [4.69, 9.17) is 9.84 Å². The van der Waals surface area contributed by atoms with Crippen molar-refractivity contribution in [2.75, 3.05) is 0 Å². The molecule has 0 radical (unpaired) electrons. The molecule has 0 spiro atoms. The highest BCUT2D eigenvalue weighted by atomic mass is 35.5. The second kappa shape index (κ2) is 5.00. The van der Waals surface area contributed by atoms with Crippen LogP contribution in [0.25, 0.3) is 0 Å². The van der Waals surface area contributed by atoms with Crippen LogP contribution in [0.3, 0.4) is 0 Å². The second-order valence-corrected chi connectivity index (χ2v) is 2.49. The van der Waals surface area contributed by atoms with E-state index in [1.807, 2.05) is 6.08 Å². The first-order chi connectivity index (χ1) is 5.36.